The summed E-state index contributed by atoms with van der Waals surface area (Å²) in [6.07, 6.45) is -2.15. The van der Waals surface area contributed by atoms with E-state index in [9.17, 15) is 18.4 Å². The zero-order valence-corrected chi connectivity index (χ0v) is 10.3. The van der Waals surface area contributed by atoms with E-state index in [1.807, 2.05) is 6.07 Å². The van der Waals surface area contributed by atoms with Crippen molar-refractivity contribution in [2.75, 3.05) is 6.54 Å². The van der Waals surface area contributed by atoms with E-state index in [4.69, 9.17) is 0 Å². The Morgan fingerprint density at radius 1 is 1.37 bits per heavy atom. The average Bonchev–Trinajstić information content (AvgIpc) is 2.38. The molecule has 0 saturated heterocycles. The molecule has 2 nitrogen and oxygen atoms in total. The van der Waals surface area contributed by atoms with Gasteiger partial charge < -0.3 is 5.32 Å². The third-order valence-corrected chi connectivity index (χ3v) is 3.50. The van der Waals surface area contributed by atoms with E-state index < -0.39 is 17.5 Å². The van der Waals surface area contributed by atoms with Crippen molar-refractivity contribution in [3.63, 3.8) is 0 Å². The van der Waals surface area contributed by atoms with Crippen LogP contribution in [0.5, 0.6) is 0 Å². The molecule has 1 N–H and O–H groups in total. The predicted octanol–water partition coefficient (Wildman–Crippen LogP) is 3.05. The van der Waals surface area contributed by atoms with Crippen LogP contribution in [0.15, 0.2) is 36.5 Å². The molecule has 0 aromatic heterocycles. The predicted molar refractivity (Wildman–Crippen MR) is 65.2 cm³/mol. The number of benzene rings is 1. The molecule has 0 aliphatic carbocycles. The highest BCUT2D eigenvalue weighted by molar-refractivity contribution is 5.43. The molecule has 0 spiro atoms. The van der Waals surface area contributed by atoms with E-state index >= 15 is 0 Å². The summed E-state index contributed by atoms with van der Waals surface area (Å²) in [6.45, 7) is 1.68. The van der Waals surface area contributed by atoms with Gasteiger partial charge in [-0.15, -0.1) is 0 Å². The number of rotatable bonds is 1. The van der Waals surface area contributed by atoms with Gasteiger partial charge in [0.1, 0.15) is 5.41 Å². The molecule has 0 amide bonds. The summed E-state index contributed by atoms with van der Waals surface area (Å²) >= 11 is 0. The Morgan fingerprint density at radius 2 is 2.05 bits per heavy atom. The van der Waals surface area contributed by atoms with Crippen LogP contribution in [-0.2, 0) is 5.41 Å². The molecule has 2 atom stereocenters. The van der Waals surface area contributed by atoms with Gasteiger partial charge in [0.25, 0.3) is 0 Å². The van der Waals surface area contributed by atoms with Crippen molar-refractivity contribution in [1.29, 1.82) is 5.26 Å². The molecule has 0 radical (unpaired) electrons. The largest absolute Gasteiger partial charge is 0.397 e. The molecule has 0 bridgehead atoms. The van der Waals surface area contributed by atoms with Crippen molar-refractivity contribution in [2.24, 2.45) is 5.92 Å². The van der Waals surface area contributed by atoms with Crippen molar-refractivity contribution in [2.45, 2.75) is 18.5 Å². The van der Waals surface area contributed by atoms with Crippen LogP contribution in [0.2, 0.25) is 0 Å². The van der Waals surface area contributed by atoms with E-state index in [0.29, 0.717) is 11.1 Å². The van der Waals surface area contributed by atoms with Gasteiger partial charge in [-0.2, -0.15) is 18.4 Å². The first-order valence-corrected chi connectivity index (χ1v) is 5.86. The maximum atomic E-state index is 13.2. The SMILES string of the molecule is Cc1ccccc1C1(C#N)CNC=CC1C(F)(F)F. The molecule has 2 rings (SSSR count). The number of nitrogens with one attached hydrogen (secondary N) is 1. The Balaban J connectivity index is 2.62. The van der Waals surface area contributed by atoms with Crippen LogP contribution in [0.25, 0.3) is 0 Å². The van der Waals surface area contributed by atoms with Crippen LogP contribution in [0.1, 0.15) is 11.1 Å². The number of aryl methyl sites for hydroxylation is 1. The maximum absolute atomic E-state index is 13.2. The number of alkyl halides is 3. The molecule has 19 heavy (non-hydrogen) atoms. The number of hydrogen-bond donors (Lipinski definition) is 1. The lowest BCUT2D eigenvalue weighted by Crippen LogP contribution is -2.50. The Hall–Kier alpha value is -1.96. The number of nitrogens with zero attached hydrogens (tertiary/aromatic N) is 1. The van der Waals surface area contributed by atoms with Crippen molar-refractivity contribution in [3.8, 4) is 6.07 Å². The van der Waals surface area contributed by atoms with Gasteiger partial charge in [0, 0.05) is 6.54 Å². The lowest BCUT2D eigenvalue weighted by molar-refractivity contribution is -0.174. The molecule has 1 aromatic rings. The van der Waals surface area contributed by atoms with Crippen molar-refractivity contribution in [1.82, 2.24) is 5.32 Å². The maximum Gasteiger partial charge on any atom is 0.397 e. The fourth-order valence-corrected chi connectivity index (χ4v) is 2.55. The second-order valence-corrected chi connectivity index (χ2v) is 4.66. The molecule has 1 heterocycles. The molecule has 0 saturated carbocycles. The third kappa shape index (κ3) is 2.19. The van der Waals surface area contributed by atoms with Gasteiger partial charge in [-0.1, -0.05) is 30.3 Å². The van der Waals surface area contributed by atoms with Gasteiger partial charge in [-0.3, -0.25) is 0 Å². The minimum absolute atomic E-state index is 0.0466. The molecule has 100 valence electrons. The van der Waals surface area contributed by atoms with Crippen LogP contribution in [0.3, 0.4) is 0 Å². The second kappa shape index (κ2) is 4.61. The Morgan fingerprint density at radius 3 is 2.63 bits per heavy atom. The van der Waals surface area contributed by atoms with E-state index in [-0.39, 0.29) is 6.54 Å². The molecule has 5 heteroatoms. The lowest BCUT2D eigenvalue weighted by atomic mass is 9.68. The highest BCUT2D eigenvalue weighted by Gasteiger charge is 2.55. The van der Waals surface area contributed by atoms with Crippen LogP contribution < -0.4 is 5.32 Å². The van der Waals surface area contributed by atoms with E-state index in [1.165, 1.54) is 6.20 Å². The second-order valence-electron chi connectivity index (χ2n) is 4.66. The summed E-state index contributed by atoms with van der Waals surface area (Å²) < 4.78 is 39.6. The first-order valence-electron chi connectivity index (χ1n) is 5.86. The number of allylic oxidation sites excluding steroid dienone is 1. The Bertz CT molecular complexity index is 542. The fraction of sp³-hybridized carbons (Fsp3) is 0.357. The summed E-state index contributed by atoms with van der Waals surface area (Å²) in [7, 11) is 0. The smallest absolute Gasteiger partial charge is 0.389 e. The standard InChI is InChI=1S/C14H13F3N2/c1-10-4-2-3-5-11(10)13(8-18)9-19-7-6-12(13)14(15,16)17/h2-7,12,19H,9H2,1H3. The Labute approximate surface area is 109 Å². The van der Waals surface area contributed by atoms with Gasteiger partial charge in [0.2, 0.25) is 0 Å². The first-order chi connectivity index (χ1) is 8.92. The third-order valence-electron chi connectivity index (χ3n) is 3.50. The minimum atomic E-state index is -4.45. The van der Waals surface area contributed by atoms with Gasteiger partial charge in [-0.25, -0.2) is 0 Å². The first kappa shape index (κ1) is 13.5. The van der Waals surface area contributed by atoms with Crippen molar-refractivity contribution in [3.05, 3.63) is 47.7 Å². The summed E-state index contributed by atoms with van der Waals surface area (Å²) in [5.41, 5.74) is -0.495. The van der Waals surface area contributed by atoms with Crippen LogP contribution >= 0.6 is 0 Å². The zero-order valence-electron chi connectivity index (χ0n) is 10.3. The Kier molecular flexibility index (Phi) is 3.27. The molecule has 0 fully saturated rings. The van der Waals surface area contributed by atoms with Gasteiger partial charge in [0.15, 0.2) is 0 Å². The molecule has 2 unspecified atom stereocenters. The number of nitriles is 1. The van der Waals surface area contributed by atoms with Gasteiger partial charge in [-0.05, 0) is 24.3 Å². The lowest BCUT2D eigenvalue weighted by Gasteiger charge is -2.38. The van der Waals surface area contributed by atoms with Crippen LogP contribution in [0, 0.1) is 24.2 Å². The van der Waals surface area contributed by atoms with Crippen molar-refractivity contribution < 1.29 is 13.2 Å². The molecule has 1 aliphatic heterocycles. The van der Waals surface area contributed by atoms with Crippen LogP contribution in [-0.4, -0.2) is 12.7 Å². The molecular formula is C14H13F3N2. The normalized spacial score (nSPS) is 26.6. The summed E-state index contributed by atoms with van der Waals surface area (Å²) in [5, 5.41) is 12.2. The van der Waals surface area contributed by atoms with Gasteiger partial charge >= 0.3 is 6.18 Å². The fourth-order valence-electron chi connectivity index (χ4n) is 2.55. The monoisotopic (exact) mass is 266 g/mol. The number of hydrogen-bond acceptors (Lipinski definition) is 2. The molecular weight excluding hydrogens is 253 g/mol. The number of halogens is 3. The summed E-state index contributed by atoms with van der Waals surface area (Å²) in [5.74, 6) is -1.80. The molecule has 1 aliphatic rings. The minimum Gasteiger partial charge on any atom is -0.389 e. The van der Waals surface area contributed by atoms with E-state index in [0.717, 1.165) is 6.08 Å². The summed E-state index contributed by atoms with van der Waals surface area (Å²) in [4.78, 5) is 0. The summed E-state index contributed by atoms with van der Waals surface area (Å²) in [6, 6.07) is 8.62. The van der Waals surface area contributed by atoms with Crippen LogP contribution in [0.4, 0.5) is 13.2 Å². The van der Waals surface area contributed by atoms with E-state index in [1.54, 1.807) is 31.2 Å². The van der Waals surface area contributed by atoms with Gasteiger partial charge in [0.05, 0.1) is 12.0 Å². The molecule has 1 aromatic carbocycles. The average molecular weight is 266 g/mol. The quantitative estimate of drug-likeness (QED) is 0.848. The van der Waals surface area contributed by atoms with E-state index in [2.05, 4.69) is 5.32 Å². The zero-order chi connectivity index (χ0) is 14.1. The highest BCUT2D eigenvalue weighted by atomic mass is 19.4. The topological polar surface area (TPSA) is 35.8 Å². The highest BCUT2D eigenvalue weighted by Crippen LogP contribution is 2.44. The van der Waals surface area contributed by atoms with Crippen molar-refractivity contribution >= 4 is 0 Å².